The fourth-order valence-corrected chi connectivity index (χ4v) is 3.31. The number of nitro groups is 1. The van der Waals surface area contributed by atoms with Gasteiger partial charge in [-0.25, -0.2) is 4.79 Å². The first-order valence-electron chi connectivity index (χ1n) is 9.68. The molecule has 0 unspecified atom stereocenters. The van der Waals surface area contributed by atoms with Crippen LogP contribution >= 0.6 is 0 Å². The summed E-state index contributed by atoms with van der Waals surface area (Å²) in [6.45, 7) is 6.02. The van der Waals surface area contributed by atoms with Crippen LogP contribution in [0.25, 0.3) is 5.69 Å². The summed E-state index contributed by atoms with van der Waals surface area (Å²) in [5.41, 5.74) is 4.49. The second-order valence-electron chi connectivity index (χ2n) is 6.80. The number of ether oxygens (including phenoxy) is 2. The number of hydrogen-bond donors (Lipinski definition) is 0. The van der Waals surface area contributed by atoms with E-state index in [1.165, 1.54) is 25.3 Å². The number of nitro benzene ring substituents is 1. The summed E-state index contributed by atoms with van der Waals surface area (Å²) in [5, 5.41) is 11.1. The molecule has 0 aliphatic rings. The van der Waals surface area contributed by atoms with Gasteiger partial charge in [-0.2, -0.15) is 0 Å². The largest absolute Gasteiger partial charge is 0.494 e. The lowest BCUT2D eigenvalue weighted by Crippen LogP contribution is -2.05. The second kappa shape index (κ2) is 9.25. The number of esters is 1. The zero-order chi connectivity index (χ0) is 22.5. The lowest BCUT2D eigenvalue weighted by molar-refractivity contribution is -0.384. The van der Waals surface area contributed by atoms with Crippen molar-refractivity contribution in [2.45, 2.75) is 20.8 Å². The monoisotopic (exact) mass is 421 g/mol. The minimum Gasteiger partial charge on any atom is -0.494 e. The first-order valence-corrected chi connectivity index (χ1v) is 9.68. The third-order valence-electron chi connectivity index (χ3n) is 4.82. The highest BCUT2D eigenvalue weighted by Gasteiger charge is 2.13. The van der Waals surface area contributed by atoms with Gasteiger partial charge in [-0.15, -0.1) is 0 Å². The smallest absolute Gasteiger partial charge is 0.338 e. The van der Waals surface area contributed by atoms with Crippen molar-refractivity contribution in [1.29, 1.82) is 0 Å². The molecule has 0 atom stereocenters. The van der Waals surface area contributed by atoms with Gasteiger partial charge < -0.3 is 14.0 Å². The van der Waals surface area contributed by atoms with Crippen molar-refractivity contribution in [2.24, 2.45) is 4.99 Å². The Bertz CT molecular complexity index is 1150. The van der Waals surface area contributed by atoms with E-state index in [0.29, 0.717) is 23.6 Å². The van der Waals surface area contributed by atoms with Crippen LogP contribution in [-0.4, -0.2) is 35.4 Å². The Kier molecular flexibility index (Phi) is 6.49. The average Bonchev–Trinajstić information content (AvgIpc) is 3.05. The van der Waals surface area contributed by atoms with Crippen molar-refractivity contribution < 1.29 is 19.2 Å². The lowest BCUT2D eigenvalue weighted by atomic mass is 10.2. The van der Waals surface area contributed by atoms with E-state index in [0.717, 1.165) is 22.6 Å². The Labute approximate surface area is 179 Å². The van der Waals surface area contributed by atoms with Gasteiger partial charge >= 0.3 is 5.97 Å². The standard InChI is InChI=1S/C23H23N3O5/c1-5-31-23(27)17-6-8-19(9-7-17)25-15(2)12-18(16(25)3)14-24-21-13-20(26(28)29)10-11-22(21)30-4/h6-14H,5H2,1-4H3. The van der Waals surface area contributed by atoms with Crippen molar-refractivity contribution in [3.8, 4) is 11.4 Å². The van der Waals surface area contributed by atoms with Crippen LogP contribution in [0.1, 0.15) is 34.2 Å². The summed E-state index contributed by atoms with van der Waals surface area (Å²) in [7, 11) is 1.49. The highest BCUT2D eigenvalue weighted by atomic mass is 16.6. The summed E-state index contributed by atoms with van der Waals surface area (Å²) >= 11 is 0. The van der Waals surface area contributed by atoms with Gasteiger partial charge in [0.2, 0.25) is 0 Å². The van der Waals surface area contributed by atoms with E-state index < -0.39 is 4.92 Å². The predicted octanol–water partition coefficient (Wildman–Crippen LogP) is 4.94. The molecular formula is C23H23N3O5. The molecule has 3 aromatic rings. The van der Waals surface area contributed by atoms with Crippen molar-refractivity contribution in [3.63, 3.8) is 0 Å². The number of hydrogen-bond acceptors (Lipinski definition) is 6. The predicted molar refractivity (Wildman–Crippen MR) is 118 cm³/mol. The molecule has 0 aliphatic heterocycles. The third-order valence-corrected chi connectivity index (χ3v) is 4.82. The van der Waals surface area contributed by atoms with Gasteiger partial charge in [0.1, 0.15) is 11.4 Å². The third kappa shape index (κ3) is 4.63. The maximum absolute atomic E-state index is 11.9. The maximum atomic E-state index is 11.9. The molecule has 0 spiro atoms. The molecule has 8 heteroatoms. The number of non-ortho nitro benzene ring substituents is 1. The summed E-state index contributed by atoms with van der Waals surface area (Å²) in [6.07, 6.45) is 1.66. The molecule has 1 aromatic heterocycles. The van der Waals surface area contributed by atoms with Crippen LogP contribution in [0, 0.1) is 24.0 Å². The van der Waals surface area contributed by atoms with Gasteiger partial charge in [-0.3, -0.25) is 15.1 Å². The first kappa shape index (κ1) is 21.8. The number of benzene rings is 2. The minimum absolute atomic E-state index is 0.0555. The number of carbonyl (C=O) groups excluding carboxylic acids is 1. The minimum atomic E-state index is -0.468. The van der Waals surface area contributed by atoms with Gasteiger partial charge in [0.05, 0.1) is 24.2 Å². The van der Waals surface area contributed by atoms with E-state index >= 15 is 0 Å². The molecule has 8 nitrogen and oxygen atoms in total. The number of carbonyl (C=O) groups is 1. The molecular weight excluding hydrogens is 398 g/mol. The summed E-state index contributed by atoms with van der Waals surface area (Å²) in [4.78, 5) is 26.9. The number of aromatic nitrogens is 1. The fourth-order valence-electron chi connectivity index (χ4n) is 3.31. The molecule has 3 rings (SSSR count). The zero-order valence-corrected chi connectivity index (χ0v) is 17.8. The fraction of sp³-hybridized carbons (Fsp3) is 0.217. The molecule has 0 saturated carbocycles. The lowest BCUT2D eigenvalue weighted by Gasteiger charge is -2.10. The molecule has 0 bridgehead atoms. The van der Waals surface area contributed by atoms with Crippen LogP contribution in [0.15, 0.2) is 53.5 Å². The van der Waals surface area contributed by atoms with Crippen molar-refractivity contribution in [1.82, 2.24) is 4.57 Å². The summed E-state index contributed by atoms with van der Waals surface area (Å²) < 4.78 is 12.3. The number of nitrogens with zero attached hydrogens (tertiary/aromatic N) is 3. The molecule has 0 amide bonds. The van der Waals surface area contributed by atoms with Gasteiger partial charge in [0.25, 0.3) is 5.69 Å². The number of rotatable bonds is 7. The molecule has 0 fully saturated rings. The van der Waals surface area contributed by atoms with E-state index in [9.17, 15) is 14.9 Å². The zero-order valence-electron chi connectivity index (χ0n) is 17.8. The van der Waals surface area contributed by atoms with E-state index in [4.69, 9.17) is 9.47 Å². The molecule has 2 aromatic carbocycles. The number of methoxy groups -OCH3 is 1. The SMILES string of the molecule is CCOC(=O)c1ccc(-n2c(C)cc(C=Nc3cc([N+](=O)[O-])ccc3OC)c2C)cc1. The van der Waals surface area contributed by atoms with Crippen LogP contribution in [-0.2, 0) is 4.74 Å². The van der Waals surface area contributed by atoms with Crippen molar-refractivity contribution >= 4 is 23.6 Å². The van der Waals surface area contributed by atoms with Crippen LogP contribution in [0.2, 0.25) is 0 Å². The first-order chi connectivity index (χ1) is 14.8. The summed E-state index contributed by atoms with van der Waals surface area (Å²) in [5.74, 6) is 0.0962. The Balaban J connectivity index is 1.93. The highest BCUT2D eigenvalue weighted by Crippen LogP contribution is 2.31. The summed E-state index contributed by atoms with van der Waals surface area (Å²) in [6, 6.07) is 13.4. The van der Waals surface area contributed by atoms with Crippen molar-refractivity contribution in [3.05, 3.63) is 81.2 Å². The van der Waals surface area contributed by atoms with Crippen LogP contribution in [0.4, 0.5) is 11.4 Å². The van der Waals surface area contributed by atoms with Crippen LogP contribution in [0.5, 0.6) is 5.75 Å². The van der Waals surface area contributed by atoms with Gasteiger partial charge in [-0.1, -0.05) is 0 Å². The highest BCUT2D eigenvalue weighted by molar-refractivity contribution is 5.89. The Morgan fingerprint density at radius 2 is 1.87 bits per heavy atom. The van der Waals surface area contributed by atoms with Crippen LogP contribution in [0.3, 0.4) is 0 Å². The maximum Gasteiger partial charge on any atom is 0.338 e. The van der Waals surface area contributed by atoms with E-state index in [2.05, 4.69) is 4.99 Å². The van der Waals surface area contributed by atoms with Crippen LogP contribution < -0.4 is 4.74 Å². The molecule has 0 aliphatic carbocycles. The molecule has 160 valence electrons. The van der Waals surface area contributed by atoms with E-state index in [1.54, 1.807) is 25.3 Å². The molecule has 31 heavy (non-hydrogen) atoms. The normalized spacial score (nSPS) is 11.0. The Morgan fingerprint density at radius 3 is 2.48 bits per heavy atom. The topological polar surface area (TPSA) is 96.0 Å². The number of aryl methyl sites for hydroxylation is 1. The van der Waals surface area contributed by atoms with Gasteiger partial charge in [-0.05, 0) is 57.2 Å². The van der Waals surface area contributed by atoms with E-state index in [1.807, 2.05) is 36.6 Å². The Hall–Kier alpha value is -3.94. The second-order valence-corrected chi connectivity index (χ2v) is 6.80. The number of aliphatic imine (C=N–C) groups is 1. The molecule has 0 radical (unpaired) electrons. The molecule has 1 heterocycles. The van der Waals surface area contributed by atoms with Crippen molar-refractivity contribution in [2.75, 3.05) is 13.7 Å². The molecule has 0 saturated heterocycles. The quantitative estimate of drug-likeness (QED) is 0.233. The van der Waals surface area contributed by atoms with Gasteiger partial charge in [0, 0.05) is 41.0 Å². The van der Waals surface area contributed by atoms with Gasteiger partial charge in [0.15, 0.2) is 0 Å². The Morgan fingerprint density at radius 1 is 1.16 bits per heavy atom. The average molecular weight is 421 g/mol. The van der Waals surface area contributed by atoms with E-state index in [-0.39, 0.29) is 11.7 Å². The molecule has 0 N–H and O–H groups in total.